The van der Waals surface area contributed by atoms with Crippen LogP contribution in [0.15, 0.2) is 42.6 Å². The Morgan fingerprint density at radius 1 is 1.16 bits per heavy atom. The van der Waals surface area contributed by atoms with E-state index in [1.54, 1.807) is 18.2 Å². The lowest BCUT2D eigenvalue weighted by molar-refractivity contribution is -0.137. The number of alkyl halides is 3. The second-order valence-corrected chi connectivity index (χ2v) is 8.00. The van der Waals surface area contributed by atoms with Crippen LogP contribution in [0.3, 0.4) is 0 Å². The molecule has 1 saturated carbocycles. The van der Waals surface area contributed by atoms with E-state index < -0.39 is 17.2 Å². The highest BCUT2D eigenvalue weighted by Crippen LogP contribution is 2.43. The summed E-state index contributed by atoms with van der Waals surface area (Å²) in [4.78, 5) is 31.0. The molecular weight excluding hydrogens is 409 g/mol. The normalized spacial score (nSPS) is 18.5. The Morgan fingerprint density at radius 2 is 1.94 bits per heavy atom. The summed E-state index contributed by atoms with van der Waals surface area (Å²) in [6, 6.07) is 8.49. The van der Waals surface area contributed by atoms with Crippen molar-refractivity contribution in [1.82, 2.24) is 10.3 Å². The highest BCUT2D eigenvalue weighted by atomic mass is 19.4. The maximum Gasteiger partial charge on any atom is 0.416 e. The zero-order valence-corrected chi connectivity index (χ0v) is 16.8. The van der Waals surface area contributed by atoms with Gasteiger partial charge in [-0.15, -0.1) is 0 Å². The molecule has 0 bridgehead atoms. The summed E-state index contributed by atoms with van der Waals surface area (Å²) in [5.41, 5.74) is -0.888. The number of carbonyl (C=O) groups excluding carboxylic acids is 2. The van der Waals surface area contributed by atoms with Gasteiger partial charge in [0.2, 0.25) is 11.8 Å². The summed E-state index contributed by atoms with van der Waals surface area (Å²) < 4.78 is 39.6. The van der Waals surface area contributed by atoms with Crippen molar-refractivity contribution < 1.29 is 22.8 Å². The highest BCUT2D eigenvalue weighted by molar-refractivity contribution is 5.99. The summed E-state index contributed by atoms with van der Waals surface area (Å²) in [6.07, 6.45) is -0.412. The third-order valence-electron chi connectivity index (χ3n) is 6.00. The Kier molecular flexibility index (Phi) is 5.60. The second-order valence-electron chi connectivity index (χ2n) is 8.00. The summed E-state index contributed by atoms with van der Waals surface area (Å²) in [5.74, 6) is 0.229. The number of anilines is 2. The summed E-state index contributed by atoms with van der Waals surface area (Å²) in [5, 5.41) is 5.59. The Bertz CT molecular complexity index is 969. The number of benzene rings is 1. The van der Waals surface area contributed by atoms with E-state index in [-0.39, 0.29) is 18.4 Å². The van der Waals surface area contributed by atoms with Gasteiger partial charge in [0.25, 0.3) is 0 Å². The molecule has 1 aromatic carbocycles. The molecule has 4 rings (SSSR count). The predicted octanol–water partition coefficient (Wildman–Crippen LogP) is 3.49. The lowest BCUT2D eigenvalue weighted by atomic mass is 9.77. The Morgan fingerprint density at radius 3 is 2.58 bits per heavy atom. The van der Waals surface area contributed by atoms with Gasteiger partial charge in [0.05, 0.1) is 29.4 Å². The molecule has 0 atom stereocenters. The molecule has 2 amide bonds. The van der Waals surface area contributed by atoms with Crippen LogP contribution in [0.2, 0.25) is 0 Å². The zero-order valence-electron chi connectivity index (χ0n) is 16.8. The molecule has 2 N–H and O–H groups in total. The molecule has 9 heteroatoms. The molecule has 0 unspecified atom stereocenters. The number of amides is 2. The molecule has 1 aliphatic heterocycles. The molecule has 31 heavy (non-hydrogen) atoms. The van der Waals surface area contributed by atoms with Crippen molar-refractivity contribution in [3.05, 3.63) is 53.7 Å². The van der Waals surface area contributed by atoms with Gasteiger partial charge in [0.1, 0.15) is 5.82 Å². The number of aromatic nitrogens is 1. The van der Waals surface area contributed by atoms with Crippen molar-refractivity contribution in [3.63, 3.8) is 0 Å². The van der Waals surface area contributed by atoms with E-state index >= 15 is 0 Å². The molecule has 0 radical (unpaired) electrons. The number of hydrogen-bond acceptors (Lipinski definition) is 4. The van der Waals surface area contributed by atoms with Crippen LogP contribution in [-0.2, 0) is 21.2 Å². The number of rotatable bonds is 4. The maximum atomic E-state index is 13.2. The zero-order chi connectivity index (χ0) is 22.1. The third-order valence-corrected chi connectivity index (χ3v) is 6.00. The van der Waals surface area contributed by atoms with Crippen molar-refractivity contribution in [2.75, 3.05) is 29.9 Å². The first-order valence-corrected chi connectivity index (χ1v) is 10.2. The first kappa shape index (κ1) is 21.1. The van der Waals surface area contributed by atoms with Crippen molar-refractivity contribution in [2.24, 2.45) is 0 Å². The minimum Gasteiger partial charge on any atom is -0.353 e. The molecule has 2 heterocycles. The van der Waals surface area contributed by atoms with E-state index in [9.17, 15) is 22.8 Å². The smallest absolute Gasteiger partial charge is 0.353 e. The van der Waals surface area contributed by atoms with E-state index in [0.717, 1.165) is 25.0 Å². The van der Waals surface area contributed by atoms with Crippen molar-refractivity contribution in [2.45, 2.75) is 37.3 Å². The fourth-order valence-corrected chi connectivity index (χ4v) is 4.35. The number of nitrogens with one attached hydrogen (secondary N) is 2. The van der Waals surface area contributed by atoms with Crippen molar-refractivity contribution >= 4 is 23.3 Å². The number of nitrogens with zero attached hydrogens (tertiary/aromatic N) is 2. The molecule has 2 fully saturated rings. The average Bonchev–Trinajstić information content (AvgIpc) is 3.25. The van der Waals surface area contributed by atoms with E-state index in [1.165, 1.54) is 12.3 Å². The highest BCUT2D eigenvalue weighted by Gasteiger charge is 2.44. The van der Waals surface area contributed by atoms with Gasteiger partial charge in [-0.3, -0.25) is 9.59 Å². The lowest BCUT2D eigenvalue weighted by Crippen LogP contribution is -2.48. The van der Waals surface area contributed by atoms with Crippen LogP contribution in [0, 0.1) is 0 Å². The number of pyridine rings is 1. The Balaban J connectivity index is 1.54. The quantitative estimate of drug-likeness (QED) is 0.776. The topological polar surface area (TPSA) is 74.3 Å². The molecule has 0 spiro atoms. The monoisotopic (exact) mass is 432 g/mol. The largest absolute Gasteiger partial charge is 0.416 e. The van der Waals surface area contributed by atoms with Crippen LogP contribution in [0.1, 0.15) is 36.8 Å². The summed E-state index contributed by atoms with van der Waals surface area (Å²) in [7, 11) is 0. The molecule has 1 aliphatic carbocycles. The molecular formula is C22H23F3N4O2. The van der Waals surface area contributed by atoms with Gasteiger partial charge in [0, 0.05) is 13.1 Å². The van der Waals surface area contributed by atoms with Crippen LogP contribution in [0.5, 0.6) is 0 Å². The van der Waals surface area contributed by atoms with E-state index in [0.29, 0.717) is 43.0 Å². The molecule has 6 nitrogen and oxygen atoms in total. The predicted molar refractivity (Wildman–Crippen MR) is 110 cm³/mol. The van der Waals surface area contributed by atoms with Gasteiger partial charge in [-0.2, -0.15) is 13.2 Å². The Hall–Kier alpha value is -3.10. The van der Waals surface area contributed by atoms with Crippen molar-refractivity contribution in [1.29, 1.82) is 0 Å². The fraction of sp³-hybridized carbons (Fsp3) is 0.409. The standard InChI is InChI=1S/C22H23F3N4O2/c23-22(24,25)16-5-3-4-15(12-16)21(8-1-2-9-21)20(31)28-17-6-7-18(27-13-17)29-11-10-26-19(30)14-29/h3-7,12-13H,1-2,8-11,14H2,(H,26,30)(H,28,31). The minimum absolute atomic E-state index is 0.0744. The van der Waals surface area contributed by atoms with E-state index in [2.05, 4.69) is 15.6 Å². The summed E-state index contributed by atoms with van der Waals surface area (Å²) >= 11 is 0. The molecule has 164 valence electrons. The number of carbonyl (C=O) groups is 2. The first-order chi connectivity index (χ1) is 14.8. The van der Waals surface area contributed by atoms with Gasteiger partial charge in [-0.25, -0.2) is 4.98 Å². The second kappa shape index (κ2) is 8.20. The molecule has 2 aliphatic rings. The molecule has 2 aromatic rings. The van der Waals surface area contributed by atoms with Gasteiger partial charge in [0.15, 0.2) is 0 Å². The average molecular weight is 432 g/mol. The minimum atomic E-state index is -4.46. The van der Waals surface area contributed by atoms with Crippen molar-refractivity contribution in [3.8, 4) is 0 Å². The molecule has 1 saturated heterocycles. The van der Waals surface area contributed by atoms with Crippen LogP contribution >= 0.6 is 0 Å². The SMILES string of the molecule is O=C1CN(c2ccc(NC(=O)C3(c4cccc(C(F)(F)F)c4)CCCC3)cn2)CCN1. The maximum absolute atomic E-state index is 13.2. The third kappa shape index (κ3) is 4.35. The van der Waals surface area contributed by atoms with Gasteiger partial charge < -0.3 is 15.5 Å². The van der Waals surface area contributed by atoms with Crippen LogP contribution in [0.25, 0.3) is 0 Å². The van der Waals surface area contributed by atoms with E-state index in [4.69, 9.17) is 0 Å². The van der Waals surface area contributed by atoms with Crippen LogP contribution < -0.4 is 15.5 Å². The molecule has 1 aromatic heterocycles. The lowest BCUT2D eigenvalue weighted by Gasteiger charge is -2.29. The Labute approximate surface area is 177 Å². The fourth-order valence-electron chi connectivity index (χ4n) is 4.35. The van der Waals surface area contributed by atoms with Crippen LogP contribution in [-0.4, -0.2) is 36.4 Å². The van der Waals surface area contributed by atoms with Gasteiger partial charge >= 0.3 is 6.18 Å². The number of piperazine rings is 1. The first-order valence-electron chi connectivity index (χ1n) is 10.2. The van der Waals surface area contributed by atoms with E-state index in [1.807, 2.05) is 4.90 Å². The van der Waals surface area contributed by atoms with Gasteiger partial charge in [-0.05, 0) is 36.6 Å². The summed E-state index contributed by atoms with van der Waals surface area (Å²) in [6.45, 7) is 1.40. The number of hydrogen-bond donors (Lipinski definition) is 2. The van der Waals surface area contributed by atoms with Crippen LogP contribution in [0.4, 0.5) is 24.7 Å². The number of halogens is 3. The van der Waals surface area contributed by atoms with Gasteiger partial charge in [-0.1, -0.05) is 31.0 Å².